The summed E-state index contributed by atoms with van der Waals surface area (Å²) in [4.78, 5) is 2.46. The first-order chi connectivity index (χ1) is 8.16. The Labute approximate surface area is 112 Å². The lowest BCUT2D eigenvalue weighted by atomic mass is 10.1. The van der Waals surface area contributed by atoms with Crippen LogP contribution in [-0.4, -0.2) is 25.0 Å². The first-order valence-electron chi connectivity index (χ1n) is 7.85. The van der Waals surface area contributed by atoms with Crippen LogP contribution in [0.15, 0.2) is 0 Å². The summed E-state index contributed by atoms with van der Waals surface area (Å²) in [6.07, 6.45) is 6.82. The number of hydrogen-bond acceptors (Lipinski definition) is 1. The summed E-state index contributed by atoms with van der Waals surface area (Å²) in [5.41, 5.74) is 0. The van der Waals surface area contributed by atoms with Crippen molar-refractivity contribution in [3.8, 4) is 0 Å². The van der Waals surface area contributed by atoms with Gasteiger partial charge in [0.05, 0.1) is 0 Å². The van der Waals surface area contributed by atoms with Crippen molar-refractivity contribution in [2.75, 3.05) is 20.1 Å². The minimum absolute atomic E-state index is 0.876. The summed E-state index contributed by atoms with van der Waals surface area (Å²) in [7, 11) is 2.24. The molecule has 0 amide bonds. The smallest absolute Gasteiger partial charge is 0.00218 e. The van der Waals surface area contributed by atoms with Gasteiger partial charge in [0.15, 0.2) is 0 Å². The van der Waals surface area contributed by atoms with Gasteiger partial charge in [0.1, 0.15) is 0 Å². The molecule has 0 aromatic carbocycles. The molecule has 0 fully saturated rings. The second kappa shape index (κ2) is 21.3. The van der Waals surface area contributed by atoms with Crippen LogP contribution in [0.5, 0.6) is 0 Å². The maximum Gasteiger partial charge on any atom is -0.00218 e. The molecule has 0 rings (SSSR count). The Kier molecular flexibility index (Phi) is 27.7. The minimum atomic E-state index is 0.876. The van der Waals surface area contributed by atoms with Crippen LogP contribution in [0.25, 0.3) is 0 Å². The number of hydrogen-bond donors (Lipinski definition) is 0. The Hall–Kier alpha value is -0.0400. The van der Waals surface area contributed by atoms with Crippen molar-refractivity contribution < 1.29 is 0 Å². The van der Waals surface area contributed by atoms with Crippen molar-refractivity contribution in [2.45, 2.75) is 80.6 Å². The molecule has 0 N–H and O–H groups in total. The van der Waals surface area contributed by atoms with Crippen LogP contribution in [0.2, 0.25) is 0 Å². The third-order valence-corrected chi connectivity index (χ3v) is 2.46. The van der Waals surface area contributed by atoms with E-state index in [4.69, 9.17) is 0 Å². The van der Waals surface area contributed by atoms with Crippen LogP contribution in [0, 0.1) is 5.92 Å². The van der Waals surface area contributed by atoms with E-state index in [0.29, 0.717) is 0 Å². The van der Waals surface area contributed by atoms with Gasteiger partial charge in [-0.15, -0.1) is 0 Å². The summed E-state index contributed by atoms with van der Waals surface area (Å²) in [6, 6.07) is 0. The highest BCUT2D eigenvalue weighted by molar-refractivity contribution is 4.53. The van der Waals surface area contributed by atoms with Crippen LogP contribution >= 0.6 is 0 Å². The van der Waals surface area contributed by atoms with E-state index in [-0.39, 0.29) is 0 Å². The van der Waals surface area contributed by atoms with Crippen molar-refractivity contribution in [2.24, 2.45) is 5.92 Å². The molecule has 1 heteroatoms. The van der Waals surface area contributed by atoms with Gasteiger partial charge in [0.25, 0.3) is 0 Å². The van der Waals surface area contributed by atoms with Gasteiger partial charge in [0.2, 0.25) is 0 Å². The van der Waals surface area contributed by atoms with Gasteiger partial charge in [-0.25, -0.2) is 0 Å². The van der Waals surface area contributed by atoms with Crippen LogP contribution in [0.4, 0.5) is 0 Å². The summed E-state index contributed by atoms with van der Waals surface area (Å²) in [6.45, 7) is 17.4. The maximum absolute atomic E-state index is 2.46. The van der Waals surface area contributed by atoms with Crippen LogP contribution in [-0.2, 0) is 0 Å². The van der Waals surface area contributed by atoms with Gasteiger partial charge in [0, 0.05) is 0 Å². The van der Waals surface area contributed by atoms with E-state index in [1.54, 1.807) is 0 Å². The molecule has 0 unspecified atom stereocenters. The average molecular weight is 245 g/mol. The largest absolute Gasteiger partial charge is 0.306 e. The molecule has 0 heterocycles. The molecule has 0 aromatic rings. The Bertz CT molecular complexity index is 99.7. The normalized spacial score (nSPS) is 9.53. The van der Waals surface area contributed by atoms with Gasteiger partial charge in [-0.3, -0.25) is 0 Å². The van der Waals surface area contributed by atoms with Crippen molar-refractivity contribution in [3.63, 3.8) is 0 Å². The molecule has 108 valence electrons. The maximum atomic E-state index is 2.46. The van der Waals surface area contributed by atoms with E-state index in [2.05, 4.69) is 32.7 Å². The average Bonchev–Trinajstić information content (AvgIpc) is 2.37. The van der Waals surface area contributed by atoms with Crippen LogP contribution in [0.3, 0.4) is 0 Å². The third kappa shape index (κ3) is 25.9. The molecular formula is C16H39N. The number of unbranched alkanes of at least 4 members (excludes halogenated alkanes) is 2. The van der Waals surface area contributed by atoms with Crippen molar-refractivity contribution in [1.82, 2.24) is 4.90 Å². The van der Waals surface area contributed by atoms with Crippen LogP contribution < -0.4 is 0 Å². The Balaban J connectivity index is -0.000000439. The van der Waals surface area contributed by atoms with Gasteiger partial charge in [-0.2, -0.15) is 0 Å². The monoisotopic (exact) mass is 245 g/mol. The van der Waals surface area contributed by atoms with Crippen molar-refractivity contribution >= 4 is 0 Å². The van der Waals surface area contributed by atoms with E-state index in [0.717, 1.165) is 5.92 Å². The molecule has 0 saturated heterocycles. The van der Waals surface area contributed by atoms with Gasteiger partial charge in [-0.1, -0.05) is 67.7 Å². The second-order valence-corrected chi connectivity index (χ2v) is 4.55. The van der Waals surface area contributed by atoms with E-state index >= 15 is 0 Å². The highest BCUT2D eigenvalue weighted by atomic mass is 15.1. The quantitative estimate of drug-likeness (QED) is 0.503. The predicted molar refractivity (Wildman–Crippen MR) is 83.8 cm³/mol. The molecule has 0 atom stereocenters. The summed E-state index contributed by atoms with van der Waals surface area (Å²) < 4.78 is 0. The molecule has 17 heavy (non-hydrogen) atoms. The summed E-state index contributed by atoms with van der Waals surface area (Å²) in [5.74, 6) is 0.876. The van der Waals surface area contributed by atoms with Gasteiger partial charge in [-0.05, 0) is 38.9 Å². The SMILES string of the molecule is CC.CC.CCCCN(C)CCCCC(C)C. The molecular weight excluding hydrogens is 206 g/mol. The highest BCUT2D eigenvalue weighted by Crippen LogP contribution is 2.06. The Morgan fingerprint density at radius 3 is 1.71 bits per heavy atom. The van der Waals surface area contributed by atoms with Crippen molar-refractivity contribution in [3.05, 3.63) is 0 Å². The molecule has 0 aliphatic heterocycles. The summed E-state index contributed by atoms with van der Waals surface area (Å²) in [5, 5.41) is 0. The van der Waals surface area contributed by atoms with Gasteiger partial charge >= 0.3 is 0 Å². The van der Waals surface area contributed by atoms with Gasteiger partial charge < -0.3 is 4.90 Å². The number of rotatable bonds is 8. The second-order valence-electron chi connectivity index (χ2n) is 4.55. The van der Waals surface area contributed by atoms with E-state index in [1.165, 1.54) is 45.2 Å². The Morgan fingerprint density at radius 1 is 0.824 bits per heavy atom. The highest BCUT2D eigenvalue weighted by Gasteiger charge is 1.98. The predicted octanol–water partition coefficient (Wildman–Crippen LogP) is 5.60. The fourth-order valence-electron chi connectivity index (χ4n) is 1.47. The molecule has 0 aromatic heterocycles. The lowest BCUT2D eigenvalue weighted by Crippen LogP contribution is -2.20. The zero-order valence-corrected chi connectivity index (χ0v) is 14.0. The fraction of sp³-hybridized carbons (Fsp3) is 1.00. The van der Waals surface area contributed by atoms with E-state index < -0.39 is 0 Å². The summed E-state index contributed by atoms with van der Waals surface area (Å²) >= 11 is 0. The number of nitrogens with zero attached hydrogens (tertiary/aromatic N) is 1. The van der Waals surface area contributed by atoms with Crippen LogP contribution in [0.1, 0.15) is 80.6 Å². The van der Waals surface area contributed by atoms with E-state index in [9.17, 15) is 0 Å². The van der Waals surface area contributed by atoms with Crippen molar-refractivity contribution in [1.29, 1.82) is 0 Å². The molecule has 0 radical (unpaired) electrons. The fourth-order valence-corrected chi connectivity index (χ4v) is 1.47. The first-order valence-corrected chi connectivity index (χ1v) is 7.85. The third-order valence-electron chi connectivity index (χ3n) is 2.46. The molecule has 0 spiro atoms. The Morgan fingerprint density at radius 2 is 1.29 bits per heavy atom. The topological polar surface area (TPSA) is 3.24 Å². The molecule has 0 aliphatic rings. The lowest BCUT2D eigenvalue weighted by molar-refractivity contribution is 0.315. The lowest BCUT2D eigenvalue weighted by Gasteiger charge is -2.15. The zero-order chi connectivity index (χ0) is 14.1. The molecule has 0 bridgehead atoms. The van der Waals surface area contributed by atoms with E-state index in [1.807, 2.05) is 27.7 Å². The minimum Gasteiger partial charge on any atom is -0.306 e. The molecule has 0 saturated carbocycles. The molecule has 1 nitrogen and oxygen atoms in total. The molecule has 0 aliphatic carbocycles. The zero-order valence-electron chi connectivity index (χ0n) is 14.0. The first kappa shape index (κ1) is 22.2. The standard InChI is InChI=1S/C12H27N.2C2H6/c1-5-6-10-13(4)11-8-7-9-12(2)3;2*1-2/h12H,5-11H2,1-4H3;2*1-2H3.